The van der Waals surface area contributed by atoms with Crippen LogP contribution in [-0.2, 0) is 0 Å². The molecule has 0 spiro atoms. The van der Waals surface area contributed by atoms with Gasteiger partial charge in [0.05, 0.1) is 0 Å². The molecule has 2 rings (SSSR count). The molecule has 2 N–H and O–H groups in total. The molecule has 0 heterocycles. The molecule has 0 aromatic heterocycles. The molecule has 106 valence electrons. The molecule has 2 aromatic rings. The van der Waals surface area contributed by atoms with Gasteiger partial charge in [0.1, 0.15) is 18.5 Å². The lowest BCUT2D eigenvalue weighted by atomic mass is 10.2. The van der Waals surface area contributed by atoms with E-state index in [1.165, 1.54) is 5.56 Å². The maximum atomic E-state index is 9.94. The van der Waals surface area contributed by atoms with Crippen LogP contribution in [0.2, 0.25) is 0 Å². The number of hydrogen-bond acceptors (Lipinski definition) is 3. The minimum absolute atomic E-state index is 0.281. The highest BCUT2D eigenvalue weighted by Gasteiger charge is 2.06. The molecule has 0 saturated heterocycles. The Balaban J connectivity index is 1.78. The second-order valence-electron chi connectivity index (χ2n) is 4.98. The van der Waals surface area contributed by atoms with E-state index >= 15 is 0 Å². The van der Waals surface area contributed by atoms with E-state index in [2.05, 4.69) is 11.4 Å². The molecule has 3 heteroatoms. The summed E-state index contributed by atoms with van der Waals surface area (Å²) in [5, 5.41) is 13.2. The number of hydrogen-bond donors (Lipinski definition) is 2. The van der Waals surface area contributed by atoms with E-state index in [9.17, 15) is 5.11 Å². The minimum Gasteiger partial charge on any atom is -0.491 e. The van der Waals surface area contributed by atoms with Crippen molar-refractivity contribution in [2.24, 2.45) is 0 Å². The minimum atomic E-state index is -0.546. The van der Waals surface area contributed by atoms with Crippen LogP contribution in [0.15, 0.2) is 48.5 Å². The Bertz CT molecular complexity index is 554. The first kappa shape index (κ1) is 14.4. The van der Waals surface area contributed by atoms with Gasteiger partial charge in [-0.3, -0.25) is 0 Å². The van der Waals surface area contributed by atoms with Crippen LogP contribution in [0.25, 0.3) is 0 Å². The van der Waals surface area contributed by atoms with E-state index in [0.717, 1.165) is 17.0 Å². The van der Waals surface area contributed by atoms with Crippen LogP contribution in [0.4, 0.5) is 5.69 Å². The van der Waals surface area contributed by atoms with Gasteiger partial charge in [0, 0.05) is 12.2 Å². The second kappa shape index (κ2) is 6.96. The summed E-state index contributed by atoms with van der Waals surface area (Å²) in [6.45, 7) is 4.79. The lowest BCUT2D eigenvalue weighted by molar-refractivity contribution is 0.117. The molecule has 0 saturated carbocycles. The average Bonchev–Trinajstić information content (AvgIpc) is 2.44. The Labute approximate surface area is 120 Å². The Morgan fingerprint density at radius 2 is 1.90 bits per heavy atom. The topological polar surface area (TPSA) is 41.5 Å². The van der Waals surface area contributed by atoms with Gasteiger partial charge in [0.15, 0.2) is 0 Å². The Morgan fingerprint density at radius 3 is 2.65 bits per heavy atom. The number of ether oxygens (including phenoxy) is 1. The molecule has 2 aromatic carbocycles. The van der Waals surface area contributed by atoms with E-state index in [-0.39, 0.29) is 6.61 Å². The van der Waals surface area contributed by atoms with Gasteiger partial charge in [-0.15, -0.1) is 0 Å². The zero-order chi connectivity index (χ0) is 14.4. The molecule has 1 atom stereocenters. The van der Waals surface area contributed by atoms with Crippen LogP contribution >= 0.6 is 0 Å². The van der Waals surface area contributed by atoms with Crippen LogP contribution in [0.3, 0.4) is 0 Å². The van der Waals surface area contributed by atoms with E-state index < -0.39 is 6.10 Å². The lowest BCUT2D eigenvalue weighted by Crippen LogP contribution is -2.26. The molecular weight excluding hydrogens is 250 g/mol. The van der Waals surface area contributed by atoms with Crippen LogP contribution < -0.4 is 10.1 Å². The maximum absolute atomic E-state index is 9.94. The molecule has 0 bridgehead atoms. The van der Waals surface area contributed by atoms with Crippen LogP contribution in [0, 0.1) is 13.8 Å². The molecule has 0 fully saturated rings. The summed E-state index contributed by atoms with van der Waals surface area (Å²) in [6.07, 6.45) is -0.546. The first-order chi connectivity index (χ1) is 9.65. The SMILES string of the molecule is Cc1cccc(NCC(O)COc2ccccc2C)c1. The van der Waals surface area contributed by atoms with Crippen molar-refractivity contribution in [2.75, 3.05) is 18.5 Å². The summed E-state index contributed by atoms with van der Waals surface area (Å²) in [5.74, 6) is 0.821. The van der Waals surface area contributed by atoms with Gasteiger partial charge in [0.2, 0.25) is 0 Å². The van der Waals surface area contributed by atoms with E-state index in [4.69, 9.17) is 4.74 Å². The fourth-order valence-electron chi connectivity index (χ4n) is 1.95. The van der Waals surface area contributed by atoms with Crippen LogP contribution in [0.5, 0.6) is 5.75 Å². The predicted molar refractivity (Wildman–Crippen MR) is 82.3 cm³/mol. The zero-order valence-corrected chi connectivity index (χ0v) is 12.0. The molecule has 20 heavy (non-hydrogen) atoms. The zero-order valence-electron chi connectivity index (χ0n) is 12.0. The predicted octanol–water partition coefficient (Wildman–Crippen LogP) is 3.16. The van der Waals surface area contributed by atoms with Crippen molar-refractivity contribution in [3.63, 3.8) is 0 Å². The van der Waals surface area contributed by atoms with Gasteiger partial charge in [-0.1, -0.05) is 30.3 Å². The molecule has 0 radical (unpaired) electrons. The summed E-state index contributed by atoms with van der Waals surface area (Å²) in [4.78, 5) is 0. The van der Waals surface area contributed by atoms with E-state index in [1.54, 1.807) is 0 Å². The van der Waals surface area contributed by atoms with Gasteiger partial charge in [-0.25, -0.2) is 0 Å². The first-order valence-corrected chi connectivity index (χ1v) is 6.82. The van der Waals surface area contributed by atoms with Crippen LogP contribution in [-0.4, -0.2) is 24.4 Å². The third kappa shape index (κ3) is 4.28. The van der Waals surface area contributed by atoms with Crippen LogP contribution in [0.1, 0.15) is 11.1 Å². The van der Waals surface area contributed by atoms with Gasteiger partial charge < -0.3 is 15.2 Å². The average molecular weight is 271 g/mol. The molecule has 0 aliphatic carbocycles. The summed E-state index contributed by atoms with van der Waals surface area (Å²) in [6, 6.07) is 15.9. The normalized spacial score (nSPS) is 11.9. The monoisotopic (exact) mass is 271 g/mol. The van der Waals surface area contributed by atoms with E-state index in [1.807, 2.05) is 56.3 Å². The molecule has 3 nitrogen and oxygen atoms in total. The van der Waals surface area contributed by atoms with Gasteiger partial charge in [-0.05, 0) is 43.2 Å². The molecule has 0 aliphatic rings. The third-order valence-electron chi connectivity index (χ3n) is 3.08. The highest BCUT2D eigenvalue weighted by atomic mass is 16.5. The second-order valence-corrected chi connectivity index (χ2v) is 4.98. The van der Waals surface area contributed by atoms with Crippen molar-refractivity contribution in [3.8, 4) is 5.75 Å². The van der Waals surface area contributed by atoms with Crippen molar-refractivity contribution < 1.29 is 9.84 Å². The van der Waals surface area contributed by atoms with Crippen molar-refractivity contribution in [1.29, 1.82) is 0 Å². The fraction of sp³-hybridized carbons (Fsp3) is 0.294. The Hall–Kier alpha value is -2.00. The smallest absolute Gasteiger partial charge is 0.122 e. The van der Waals surface area contributed by atoms with Gasteiger partial charge in [-0.2, -0.15) is 0 Å². The number of para-hydroxylation sites is 1. The van der Waals surface area contributed by atoms with Crippen molar-refractivity contribution in [2.45, 2.75) is 20.0 Å². The van der Waals surface area contributed by atoms with Crippen molar-refractivity contribution in [1.82, 2.24) is 0 Å². The number of nitrogens with one attached hydrogen (secondary N) is 1. The molecule has 1 unspecified atom stereocenters. The standard InChI is InChI=1S/C17H21NO2/c1-13-6-5-8-15(10-13)18-11-16(19)12-20-17-9-4-3-7-14(17)2/h3-10,16,18-19H,11-12H2,1-2H3. The largest absolute Gasteiger partial charge is 0.491 e. The Kier molecular flexibility index (Phi) is 5.02. The number of rotatable bonds is 6. The highest BCUT2D eigenvalue weighted by Crippen LogP contribution is 2.16. The first-order valence-electron chi connectivity index (χ1n) is 6.82. The quantitative estimate of drug-likeness (QED) is 0.848. The van der Waals surface area contributed by atoms with Crippen molar-refractivity contribution >= 4 is 5.69 Å². The third-order valence-corrected chi connectivity index (χ3v) is 3.08. The van der Waals surface area contributed by atoms with Crippen molar-refractivity contribution in [3.05, 3.63) is 59.7 Å². The van der Waals surface area contributed by atoms with E-state index in [0.29, 0.717) is 6.54 Å². The summed E-state index contributed by atoms with van der Waals surface area (Å²) < 4.78 is 5.62. The number of anilines is 1. The summed E-state index contributed by atoms with van der Waals surface area (Å²) >= 11 is 0. The maximum Gasteiger partial charge on any atom is 0.122 e. The Morgan fingerprint density at radius 1 is 1.10 bits per heavy atom. The fourth-order valence-corrected chi connectivity index (χ4v) is 1.95. The van der Waals surface area contributed by atoms with Gasteiger partial charge in [0.25, 0.3) is 0 Å². The number of benzene rings is 2. The number of aliphatic hydroxyl groups excluding tert-OH is 1. The molecule has 0 amide bonds. The molecular formula is C17H21NO2. The highest BCUT2D eigenvalue weighted by molar-refractivity contribution is 5.45. The summed E-state index contributed by atoms with van der Waals surface area (Å²) in [5.41, 5.74) is 3.28. The summed E-state index contributed by atoms with van der Waals surface area (Å²) in [7, 11) is 0. The number of aliphatic hydroxyl groups is 1. The molecule has 0 aliphatic heterocycles. The van der Waals surface area contributed by atoms with Gasteiger partial charge >= 0.3 is 0 Å². The number of aryl methyl sites for hydroxylation is 2. The lowest BCUT2D eigenvalue weighted by Gasteiger charge is -2.15.